The SMILES string of the molecule is COc1cc(CCC(=O)N[C@H]2CC[C@@H](C)CC2)ccc1OCCN(C)C.Cl. The summed E-state index contributed by atoms with van der Waals surface area (Å²) in [4.78, 5) is 14.3. The largest absolute Gasteiger partial charge is 0.493 e. The molecule has 0 heterocycles. The van der Waals surface area contributed by atoms with E-state index in [0.717, 1.165) is 42.4 Å². The van der Waals surface area contributed by atoms with E-state index in [-0.39, 0.29) is 18.3 Å². The van der Waals surface area contributed by atoms with Crippen molar-refractivity contribution < 1.29 is 14.3 Å². The second-order valence-electron chi connectivity index (χ2n) is 7.66. The molecule has 0 aliphatic heterocycles. The Balaban J connectivity index is 0.00000364. The van der Waals surface area contributed by atoms with E-state index in [9.17, 15) is 4.79 Å². The fourth-order valence-electron chi connectivity index (χ4n) is 3.29. The third kappa shape index (κ3) is 8.39. The van der Waals surface area contributed by atoms with Crippen molar-refractivity contribution in [3.63, 3.8) is 0 Å². The van der Waals surface area contributed by atoms with Crippen LogP contribution in [0.15, 0.2) is 18.2 Å². The number of carbonyl (C=O) groups excluding carboxylic acids is 1. The molecule has 1 saturated carbocycles. The van der Waals surface area contributed by atoms with Gasteiger partial charge in [0.25, 0.3) is 0 Å². The van der Waals surface area contributed by atoms with Gasteiger partial charge in [-0.1, -0.05) is 13.0 Å². The summed E-state index contributed by atoms with van der Waals surface area (Å²) in [5.74, 6) is 2.42. The highest BCUT2D eigenvalue weighted by Gasteiger charge is 2.19. The maximum Gasteiger partial charge on any atom is 0.220 e. The predicted octanol–water partition coefficient (Wildman–Crippen LogP) is 3.68. The van der Waals surface area contributed by atoms with Crippen molar-refractivity contribution in [2.24, 2.45) is 5.92 Å². The zero-order valence-corrected chi connectivity index (χ0v) is 17.9. The number of likely N-dealkylation sites (N-methyl/N-ethyl adjacent to an activating group) is 1. The number of hydrogen-bond acceptors (Lipinski definition) is 4. The van der Waals surface area contributed by atoms with Gasteiger partial charge >= 0.3 is 0 Å². The minimum absolute atomic E-state index is 0. The topological polar surface area (TPSA) is 50.8 Å². The van der Waals surface area contributed by atoms with Gasteiger partial charge in [0.15, 0.2) is 11.5 Å². The molecule has 154 valence electrons. The lowest BCUT2D eigenvalue weighted by Gasteiger charge is -2.26. The van der Waals surface area contributed by atoms with Crippen LogP contribution in [0.1, 0.15) is 44.6 Å². The molecule has 0 bridgehead atoms. The van der Waals surface area contributed by atoms with Gasteiger partial charge in [0.1, 0.15) is 6.61 Å². The summed E-state index contributed by atoms with van der Waals surface area (Å²) < 4.78 is 11.2. The molecule has 0 atom stereocenters. The first-order chi connectivity index (χ1) is 12.5. The second kappa shape index (κ2) is 12.1. The Morgan fingerprint density at radius 2 is 1.89 bits per heavy atom. The summed E-state index contributed by atoms with van der Waals surface area (Å²) in [6.07, 6.45) is 5.88. The number of hydrogen-bond donors (Lipinski definition) is 1. The molecular formula is C21H35ClN2O3. The van der Waals surface area contributed by atoms with Gasteiger partial charge in [-0.05, 0) is 69.8 Å². The number of nitrogens with one attached hydrogen (secondary N) is 1. The van der Waals surface area contributed by atoms with Gasteiger partial charge in [-0.3, -0.25) is 4.79 Å². The van der Waals surface area contributed by atoms with Gasteiger partial charge in [0.2, 0.25) is 5.91 Å². The van der Waals surface area contributed by atoms with Gasteiger partial charge in [0, 0.05) is 19.0 Å². The van der Waals surface area contributed by atoms with E-state index in [2.05, 4.69) is 17.1 Å². The highest BCUT2D eigenvalue weighted by atomic mass is 35.5. The van der Waals surface area contributed by atoms with Crippen LogP contribution in [-0.2, 0) is 11.2 Å². The first-order valence-corrected chi connectivity index (χ1v) is 9.71. The summed E-state index contributed by atoms with van der Waals surface area (Å²) in [6.45, 7) is 3.76. The Labute approximate surface area is 170 Å². The smallest absolute Gasteiger partial charge is 0.220 e. The van der Waals surface area contributed by atoms with Crippen LogP contribution in [0.3, 0.4) is 0 Å². The number of rotatable bonds is 9. The van der Waals surface area contributed by atoms with Crippen molar-refractivity contribution in [3.05, 3.63) is 23.8 Å². The molecule has 1 aliphatic carbocycles. The van der Waals surface area contributed by atoms with Gasteiger partial charge in [-0.2, -0.15) is 0 Å². The zero-order chi connectivity index (χ0) is 18.9. The fraction of sp³-hybridized carbons (Fsp3) is 0.667. The molecule has 1 aliphatic rings. The lowest BCUT2D eigenvalue weighted by Crippen LogP contribution is -2.37. The Bertz CT molecular complexity index is 573. The van der Waals surface area contributed by atoms with Crippen LogP contribution in [0.2, 0.25) is 0 Å². The fourth-order valence-corrected chi connectivity index (χ4v) is 3.29. The number of methoxy groups -OCH3 is 1. The molecule has 6 heteroatoms. The number of amides is 1. The molecule has 0 spiro atoms. The zero-order valence-electron chi connectivity index (χ0n) is 17.1. The molecule has 2 rings (SSSR count). The molecule has 0 unspecified atom stereocenters. The average molecular weight is 399 g/mol. The first kappa shape index (κ1) is 23.6. The van der Waals surface area contributed by atoms with Crippen molar-refractivity contribution in [1.82, 2.24) is 10.2 Å². The number of halogens is 1. The predicted molar refractivity (Wildman–Crippen MR) is 112 cm³/mol. The summed E-state index contributed by atoms with van der Waals surface area (Å²) in [5.41, 5.74) is 1.09. The minimum atomic E-state index is 0. The maximum absolute atomic E-state index is 12.2. The molecular weight excluding hydrogens is 364 g/mol. The van der Waals surface area contributed by atoms with E-state index in [1.807, 2.05) is 32.3 Å². The molecule has 1 aromatic rings. The van der Waals surface area contributed by atoms with E-state index in [0.29, 0.717) is 25.5 Å². The Morgan fingerprint density at radius 3 is 2.52 bits per heavy atom. The van der Waals surface area contributed by atoms with Gasteiger partial charge in [-0.15, -0.1) is 12.4 Å². The molecule has 0 radical (unpaired) electrons. The summed E-state index contributed by atoms with van der Waals surface area (Å²) >= 11 is 0. The molecule has 1 aromatic carbocycles. The van der Waals surface area contributed by atoms with Crippen LogP contribution in [0.5, 0.6) is 11.5 Å². The van der Waals surface area contributed by atoms with Crippen molar-refractivity contribution in [1.29, 1.82) is 0 Å². The van der Waals surface area contributed by atoms with Crippen LogP contribution in [-0.4, -0.2) is 51.2 Å². The van der Waals surface area contributed by atoms with Crippen LogP contribution in [0.25, 0.3) is 0 Å². The molecule has 5 nitrogen and oxygen atoms in total. The maximum atomic E-state index is 12.2. The van der Waals surface area contributed by atoms with Crippen molar-refractivity contribution in [2.75, 3.05) is 34.4 Å². The molecule has 1 N–H and O–H groups in total. The Hall–Kier alpha value is -1.46. The van der Waals surface area contributed by atoms with E-state index in [1.54, 1.807) is 7.11 Å². The van der Waals surface area contributed by atoms with Gasteiger partial charge in [0.05, 0.1) is 7.11 Å². The van der Waals surface area contributed by atoms with Crippen LogP contribution >= 0.6 is 12.4 Å². The lowest BCUT2D eigenvalue weighted by atomic mass is 9.87. The Kier molecular flexibility index (Phi) is 10.6. The molecule has 27 heavy (non-hydrogen) atoms. The highest BCUT2D eigenvalue weighted by molar-refractivity contribution is 5.85. The van der Waals surface area contributed by atoms with Crippen LogP contribution < -0.4 is 14.8 Å². The first-order valence-electron chi connectivity index (χ1n) is 9.71. The van der Waals surface area contributed by atoms with Crippen molar-refractivity contribution >= 4 is 18.3 Å². The van der Waals surface area contributed by atoms with E-state index < -0.39 is 0 Å². The molecule has 0 saturated heterocycles. The molecule has 0 aromatic heterocycles. The average Bonchev–Trinajstić information content (AvgIpc) is 2.62. The van der Waals surface area contributed by atoms with Gasteiger partial charge < -0.3 is 19.7 Å². The summed E-state index contributed by atoms with van der Waals surface area (Å²) in [7, 11) is 5.68. The molecule has 1 fully saturated rings. The molecule has 1 amide bonds. The highest BCUT2D eigenvalue weighted by Crippen LogP contribution is 2.28. The van der Waals surface area contributed by atoms with Crippen molar-refractivity contribution in [2.45, 2.75) is 51.5 Å². The van der Waals surface area contributed by atoms with E-state index in [1.165, 1.54) is 12.8 Å². The number of ether oxygens (including phenoxy) is 2. The number of aryl methyl sites for hydroxylation is 1. The quantitative estimate of drug-likeness (QED) is 0.689. The normalized spacial score (nSPS) is 19.3. The van der Waals surface area contributed by atoms with Crippen LogP contribution in [0, 0.1) is 5.92 Å². The number of benzene rings is 1. The van der Waals surface area contributed by atoms with Crippen LogP contribution in [0.4, 0.5) is 0 Å². The summed E-state index contributed by atoms with van der Waals surface area (Å²) in [6, 6.07) is 6.29. The van der Waals surface area contributed by atoms with E-state index in [4.69, 9.17) is 9.47 Å². The number of nitrogens with zero attached hydrogens (tertiary/aromatic N) is 1. The minimum Gasteiger partial charge on any atom is -0.493 e. The monoisotopic (exact) mass is 398 g/mol. The van der Waals surface area contributed by atoms with Crippen molar-refractivity contribution in [3.8, 4) is 11.5 Å². The van der Waals surface area contributed by atoms with Gasteiger partial charge in [-0.25, -0.2) is 0 Å². The number of carbonyl (C=O) groups is 1. The lowest BCUT2D eigenvalue weighted by molar-refractivity contribution is -0.122. The third-order valence-electron chi connectivity index (χ3n) is 5.05. The third-order valence-corrected chi connectivity index (χ3v) is 5.05. The summed E-state index contributed by atoms with van der Waals surface area (Å²) in [5, 5.41) is 3.19. The second-order valence-corrected chi connectivity index (χ2v) is 7.66. The standard InChI is InChI=1S/C21H34N2O3.ClH/c1-16-5-9-18(10-6-16)22-21(24)12-8-17-7-11-19(20(15-17)25-4)26-14-13-23(2)3;/h7,11,15-16,18H,5-6,8-10,12-14H2,1-4H3,(H,22,24);1H/t16-,18+;. The Morgan fingerprint density at radius 1 is 1.19 bits per heavy atom. The van der Waals surface area contributed by atoms with E-state index >= 15 is 0 Å².